The lowest BCUT2D eigenvalue weighted by atomic mass is 10.0. The second-order valence-corrected chi connectivity index (χ2v) is 8.78. The number of aromatic nitrogens is 2. The standard InChI is InChI=1S/C27H45N2/c1-3-4-5-6-7-8-9-10-11-12-13-14-15-19-22-29-24-23-28(2)27(29)25-26-20-17-16-18-21-26/h16-18,20-21,23-24H,3-15,19,22,25H2,1-2H3/q+1. The molecule has 0 saturated carbocycles. The van der Waals surface area contributed by atoms with Gasteiger partial charge in [-0.25, -0.2) is 9.13 Å². The molecule has 1 heterocycles. The molecule has 2 rings (SSSR count). The predicted molar refractivity (Wildman–Crippen MR) is 125 cm³/mol. The van der Waals surface area contributed by atoms with E-state index in [2.05, 4.69) is 65.8 Å². The summed E-state index contributed by atoms with van der Waals surface area (Å²) in [6.07, 6.45) is 25.4. The van der Waals surface area contributed by atoms with Crippen LogP contribution in [0, 0.1) is 0 Å². The Bertz CT molecular complexity index is 629. The molecule has 0 aliphatic rings. The van der Waals surface area contributed by atoms with Gasteiger partial charge in [-0.15, -0.1) is 0 Å². The van der Waals surface area contributed by atoms with E-state index in [-0.39, 0.29) is 0 Å². The van der Waals surface area contributed by atoms with E-state index in [1.54, 1.807) is 0 Å². The van der Waals surface area contributed by atoms with E-state index < -0.39 is 0 Å². The van der Waals surface area contributed by atoms with Crippen molar-refractivity contribution < 1.29 is 4.57 Å². The Morgan fingerprint density at radius 2 is 1.21 bits per heavy atom. The van der Waals surface area contributed by atoms with Gasteiger partial charge in [0.25, 0.3) is 5.82 Å². The lowest BCUT2D eigenvalue weighted by molar-refractivity contribution is -0.703. The SMILES string of the molecule is CCCCCCCCCCCCCCCC[n+]1ccn(C)c1Cc1ccccc1. The Morgan fingerprint density at radius 3 is 1.76 bits per heavy atom. The van der Waals surface area contributed by atoms with Crippen molar-refractivity contribution in [2.45, 2.75) is 110 Å². The van der Waals surface area contributed by atoms with Crippen LogP contribution in [0.15, 0.2) is 42.7 Å². The minimum Gasteiger partial charge on any atom is -0.237 e. The summed E-state index contributed by atoms with van der Waals surface area (Å²) in [7, 11) is 2.17. The number of nitrogens with zero attached hydrogens (tertiary/aromatic N) is 2. The third-order valence-corrected chi connectivity index (χ3v) is 6.17. The van der Waals surface area contributed by atoms with Crippen LogP contribution in [0.3, 0.4) is 0 Å². The zero-order chi connectivity index (χ0) is 20.6. The van der Waals surface area contributed by atoms with Gasteiger partial charge in [-0.05, 0) is 18.4 Å². The van der Waals surface area contributed by atoms with E-state index in [0.717, 1.165) is 13.0 Å². The van der Waals surface area contributed by atoms with E-state index in [4.69, 9.17) is 0 Å². The predicted octanol–water partition coefficient (Wildman–Crippen LogP) is 7.38. The monoisotopic (exact) mass is 397 g/mol. The van der Waals surface area contributed by atoms with Crippen LogP contribution < -0.4 is 4.57 Å². The number of benzene rings is 1. The Hall–Kier alpha value is -1.57. The molecular weight excluding hydrogens is 352 g/mol. The third kappa shape index (κ3) is 10.1. The Labute approximate surface area is 180 Å². The minimum atomic E-state index is 1.02. The van der Waals surface area contributed by atoms with Gasteiger partial charge < -0.3 is 0 Å². The Morgan fingerprint density at radius 1 is 0.690 bits per heavy atom. The summed E-state index contributed by atoms with van der Waals surface area (Å²) in [6, 6.07) is 10.8. The quantitative estimate of drug-likeness (QED) is 0.194. The fourth-order valence-electron chi connectivity index (χ4n) is 4.24. The Balaban J connectivity index is 1.48. The molecule has 0 aliphatic carbocycles. The number of aryl methyl sites for hydroxylation is 2. The van der Waals surface area contributed by atoms with Crippen LogP contribution >= 0.6 is 0 Å². The lowest BCUT2D eigenvalue weighted by Gasteiger charge is -2.05. The summed E-state index contributed by atoms with van der Waals surface area (Å²) in [6.45, 7) is 3.45. The molecule has 0 atom stereocenters. The average Bonchev–Trinajstić information content (AvgIpc) is 3.08. The third-order valence-electron chi connectivity index (χ3n) is 6.17. The van der Waals surface area contributed by atoms with Crippen LogP contribution in [-0.4, -0.2) is 4.57 Å². The van der Waals surface area contributed by atoms with Gasteiger partial charge >= 0.3 is 0 Å². The molecule has 29 heavy (non-hydrogen) atoms. The first-order valence-electron chi connectivity index (χ1n) is 12.4. The molecule has 0 amide bonds. The number of unbranched alkanes of at least 4 members (excludes halogenated alkanes) is 13. The maximum atomic E-state index is 2.45. The first-order chi connectivity index (χ1) is 14.3. The van der Waals surface area contributed by atoms with E-state index >= 15 is 0 Å². The summed E-state index contributed by atoms with van der Waals surface area (Å²) >= 11 is 0. The van der Waals surface area contributed by atoms with Gasteiger partial charge in [0.1, 0.15) is 12.4 Å². The molecule has 2 nitrogen and oxygen atoms in total. The van der Waals surface area contributed by atoms with Crippen molar-refractivity contribution in [3.05, 3.63) is 54.1 Å². The molecule has 0 bridgehead atoms. The van der Waals surface area contributed by atoms with E-state index in [9.17, 15) is 0 Å². The molecule has 2 heteroatoms. The first kappa shape index (κ1) is 23.7. The fraction of sp³-hybridized carbons (Fsp3) is 0.667. The molecule has 2 aromatic rings. The number of imidazole rings is 1. The van der Waals surface area contributed by atoms with Crippen molar-refractivity contribution in [1.29, 1.82) is 0 Å². The van der Waals surface area contributed by atoms with Crippen molar-refractivity contribution >= 4 is 0 Å². The molecule has 0 aliphatic heterocycles. The number of hydrogen-bond acceptors (Lipinski definition) is 0. The maximum Gasteiger partial charge on any atom is 0.260 e. The fourth-order valence-corrected chi connectivity index (χ4v) is 4.24. The highest BCUT2D eigenvalue weighted by Gasteiger charge is 2.14. The van der Waals surface area contributed by atoms with Gasteiger partial charge in [0.15, 0.2) is 0 Å². The summed E-state index contributed by atoms with van der Waals surface area (Å²) in [5.41, 5.74) is 1.39. The topological polar surface area (TPSA) is 8.81 Å². The average molecular weight is 398 g/mol. The van der Waals surface area contributed by atoms with Crippen LogP contribution in [0.25, 0.3) is 0 Å². The molecule has 0 fully saturated rings. The molecule has 0 saturated heterocycles. The van der Waals surface area contributed by atoms with Crippen LogP contribution in [0.2, 0.25) is 0 Å². The van der Waals surface area contributed by atoms with Crippen molar-refractivity contribution in [1.82, 2.24) is 4.57 Å². The molecule has 162 valence electrons. The van der Waals surface area contributed by atoms with Crippen molar-refractivity contribution in [2.24, 2.45) is 7.05 Å². The highest BCUT2D eigenvalue weighted by Crippen LogP contribution is 2.13. The normalized spacial score (nSPS) is 11.2. The first-order valence-corrected chi connectivity index (χ1v) is 12.4. The molecule has 1 aromatic carbocycles. The molecule has 0 N–H and O–H groups in total. The van der Waals surface area contributed by atoms with Crippen molar-refractivity contribution in [3.63, 3.8) is 0 Å². The van der Waals surface area contributed by atoms with Gasteiger partial charge in [0, 0.05) is 0 Å². The van der Waals surface area contributed by atoms with Crippen LogP contribution in [0.5, 0.6) is 0 Å². The van der Waals surface area contributed by atoms with Gasteiger partial charge in [-0.1, -0.05) is 114 Å². The van der Waals surface area contributed by atoms with Crippen LogP contribution in [-0.2, 0) is 20.0 Å². The molecule has 0 radical (unpaired) electrons. The second-order valence-electron chi connectivity index (χ2n) is 8.78. The molecule has 1 aromatic heterocycles. The summed E-state index contributed by atoms with van der Waals surface area (Å²) in [4.78, 5) is 0. The second kappa shape index (κ2) is 15.3. The lowest BCUT2D eigenvalue weighted by Crippen LogP contribution is -2.37. The molecular formula is C27H45N2+. The summed E-state index contributed by atoms with van der Waals surface area (Å²) < 4.78 is 4.73. The van der Waals surface area contributed by atoms with Gasteiger partial charge in [-0.3, -0.25) is 0 Å². The molecule has 0 spiro atoms. The Kier molecular flexibility index (Phi) is 12.5. The highest BCUT2D eigenvalue weighted by molar-refractivity contribution is 5.17. The van der Waals surface area contributed by atoms with Crippen LogP contribution in [0.1, 0.15) is 108 Å². The minimum absolute atomic E-state index is 1.02. The smallest absolute Gasteiger partial charge is 0.237 e. The molecule has 0 unspecified atom stereocenters. The maximum absolute atomic E-state index is 2.45. The zero-order valence-electron chi connectivity index (χ0n) is 19.2. The number of rotatable bonds is 17. The van der Waals surface area contributed by atoms with E-state index in [1.807, 2.05) is 0 Å². The largest absolute Gasteiger partial charge is 0.260 e. The van der Waals surface area contributed by atoms with Gasteiger partial charge in [0.05, 0.1) is 20.0 Å². The van der Waals surface area contributed by atoms with Crippen LogP contribution in [0.4, 0.5) is 0 Å². The van der Waals surface area contributed by atoms with E-state index in [0.29, 0.717) is 0 Å². The van der Waals surface area contributed by atoms with Crippen molar-refractivity contribution in [3.8, 4) is 0 Å². The summed E-state index contributed by atoms with van der Waals surface area (Å²) in [5.74, 6) is 1.41. The van der Waals surface area contributed by atoms with Crippen molar-refractivity contribution in [2.75, 3.05) is 0 Å². The number of hydrogen-bond donors (Lipinski definition) is 0. The highest BCUT2D eigenvalue weighted by atomic mass is 15.1. The van der Waals surface area contributed by atoms with E-state index in [1.165, 1.54) is 101 Å². The summed E-state index contributed by atoms with van der Waals surface area (Å²) in [5, 5.41) is 0. The van der Waals surface area contributed by atoms with Gasteiger partial charge in [0.2, 0.25) is 0 Å². The zero-order valence-corrected chi connectivity index (χ0v) is 19.2. The van der Waals surface area contributed by atoms with Gasteiger partial charge in [-0.2, -0.15) is 0 Å².